The summed E-state index contributed by atoms with van der Waals surface area (Å²) in [4.78, 5) is 9.43. The standard InChI is InChI=1S/C19H25N3O2S.C11H17N3.C8H9ClO2S.CH4/c1-3-16-7-9-18(10-8-16)25(23,24)22-13-11-17(12-14-22)21-19-6-4-5-15(2)20-19;1-9-3-2-4-11(13-9)14-10-5-7-12-8-6-10;1-2-7-3-5-8(6-4-7)12(9,10)11;/h4-10,17H,3,11-14H2,1-2H3,(H,20,21);2-4,10,12H,5-8H2,1H3,(H,13,14);3-6H,2H2,1H3;1H4. The van der Waals surface area contributed by atoms with Crippen molar-refractivity contribution in [2.45, 2.75) is 95.5 Å². The Morgan fingerprint density at radius 1 is 0.673 bits per heavy atom. The predicted octanol–water partition coefficient (Wildman–Crippen LogP) is 7.58. The van der Waals surface area contributed by atoms with E-state index in [1.807, 2.05) is 69.3 Å². The lowest BCUT2D eigenvalue weighted by molar-refractivity contribution is 0.329. The lowest BCUT2D eigenvalue weighted by atomic mass is 10.1. The molecule has 13 heteroatoms. The zero-order valence-electron chi connectivity index (χ0n) is 30.0. The van der Waals surface area contributed by atoms with E-state index < -0.39 is 19.1 Å². The fourth-order valence-corrected chi connectivity index (χ4v) is 8.05. The molecule has 0 aliphatic carbocycles. The molecule has 2 aromatic carbocycles. The van der Waals surface area contributed by atoms with Gasteiger partial charge < -0.3 is 16.0 Å². The molecule has 2 fully saturated rings. The van der Waals surface area contributed by atoms with E-state index in [0.717, 1.165) is 72.9 Å². The van der Waals surface area contributed by atoms with Gasteiger partial charge in [-0.25, -0.2) is 26.8 Å². The predicted molar refractivity (Wildman–Crippen MR) is 214 cm³/mol. The first kappa shape index (κ1) is 42.9. The molecule has 3 N–H and O–H groups in total. The van der Waals surface area contributed by atoms with E-state index in [-0.39, 0.29) is 18.4 Å². The Bertz CT molecular complexity index is 1880. The minimum atomic E-state index is -3.56. The molecule has 0 unspecified atom stereocenters. The molecule has 0 spiro atoms. The van der Waals surface area contributed by atoms with Crippen molar-refractivity contribution < 1.29 is 16.8 Å². The molecule has 2 aromatic heterocycles. The van der Waals surface area contributed by atoms with Gasteiger partial charge in [0, 0.05) is 47.2 Å². The van der Waals surface area contributed by atoms with E-state index in [9.17, 15) is 16.8 Å². The van der Waals surface area contributed by atoms with Crippen molar-refractivity contribution >= 4 is 41.4 Å². The third-order valence-corrected chi connectivity index (χ3v) is 12.1. The Morgan fingerprint density at radius 2 is 1.10 bits per heavy atom. The smallest absolute Gasteiger partial charge is 0.261 e. The van der Waals surface area contributed by atoms with Gasteiger partial charge in [-0.3, -0.25) is 0 Å². The van der Waals surface area contributed by atoms with Crippen LogP contribution >= 0.6 is 10.7 Å². The van der Waals surface area contributed by atoms with Crippen LogP contribution in [0.4, 0.5) is 11.6 Å². The van der Waals surface area contributed by atoms with Crippen LogP contribution in [-0.2, 0) is 31.9 Å². The molecule has 4 aromatic rings. The number of aromatic nitrogens is 2. The lowest BCUT2D eigenvalue weighted by Crippen LogP contribution is -2.42. The second-order valence-electron chi connectivity index (χ2n) is 12.8. The SMILES string of the molecule is C.CCc1ccc(S(=O)(=O)Cl)cc1.CCc1ccc(S(=O)(=O)N2CCC(Nc3cccc(C)n3)CC2)cc1.Cc1cccc(NC2CCNCC2)n1. The number of halogens is 1. The number of piperidine rings is 2. The summed E-state index contributed by atoms with van der Waals surface area (Å²) < 4.78 is 48.8. The number of aryl methyl sites for hydroxylation is 4. The Labute approximate surface area is 316 Å². The van der Waals surface area contributed by atoms with Gasteiger partial charge in [-0.15, -0.1) is 0 Å². The summed E-state index contributed by atoms with van der Waals surface area (Å²) in [6.07, 6.45) is 5.74. The van der Waals surface area contributed by atoms with Gasteiger partial charge in [0.25, 0.3) is 9.05 Å². The van der Waals surface area contributed by atoms with Crippen LogP contribution < -0.4 is 16.0 Å². The van der Waals surface area contributed by atoms with Crippen LogP contribution in [0.3, 0.4) is 0 Å². The molecule has 2 aliphatic heterocycles. The zero-order valence-corrected chi connectivity index (χ0v) is 32.4. The van der Waals surface area contributed by atoms with Gasteiger partial charge in [0.1, 0.15) is 11.6 Å². The van der Waals surface area contributed by atoms with Gasteiger partial charge in [-0.05, 0) is 125 Å². The second-order valence-corrected chi connectivity index (χ2v) is 17.3. The van der Waals surface area contributed by atoms with E-state index in [1.54, 1.807) is 28.6 Å². The van der Waals surface area contributed by atoms with Crippen LogP contribution in [0.25, 0.3) is 0 Å². The highest BCUT2D eigenvalue weighted by atomic mass is 35.7. The van der Waals surface area contributed by atoms with Crippen LogP contribution in [0.5, 0.6) is 0 Å². The molecule has 0 radical (unpaired) electrons. The van der Waals surface area contributed by atoms with E-state index >= 15 is 0 Å². The fraction of sp³-hybridized carbons (Fsp3) is 0.436. The minimum Gasteiger partial charge on any atom is -0.367 e. The summed E-state index contributed by atoms with van der Waals surface area (Å²) in [5.41, 5.74) is 4.29. The Kier molecular flexibility index (Phi) is 17.0. The maximum Gasteiger partial charge on any atom is 0.261 e. The van der Waals surface area contributed by atoms with Crippen LogP contribution in [0, 0.1) is 13.8 Å². The van der Waals surface area contributed by atoms with E-state index in [4.69, 9.17) is 10.7 Å². The number of benzene rings is 2. The summed E-state index contributed by atoms with van der Waals surface area (Å²) in [5, 5.41) is 10.2. The third kappa shape index (κ3) is 13.5. The van der Waals surface area contributed by atoms with Crippen molar-refractivity contribution in [1.29, 1.82) is 0 Å². The zero-order chi connectivity index (χ0) is 36.9. The number of nitrogens with one attached hydrogen (secondary N) is 3. The highest BCUT2D eigenvalue weighted by Crippen LogP contribution is 2.23. The van der Waals surface area contributed by atoms with E-state index in [2.05, 4.69) is 32.8 Å². The number of rotatable bonds is 9. The molecule has 0 atom stereocenters. The summed E-state index contributed by atoms with van der Waals surface area (Å²) in [6.45, 7) is 11.3. The Hall–Kier alpha value is -3.55. The number of hydrogen-bond donors (Lipinski definition) is 3. The maximum absolute atomic E-state index is 12.8. The van der Waals surface area contributed by atoms with Gasteiger partial charge >= 0.3 is 0 Å². The molecule has 4 heterocycles. The van der Waals surface area contributed by atoms with Crippen molar-refractivity contribution in [1.82, 2.24) is 19.6 Å². The average molecular weight is 771 g/mol. The number of nitrogens with zero attached hydrogens (tertiary/aromatic N) is 3. The van der Waals surface area contributed by atoms with Crippen molar-refractivity contribution in [2.75, 3.05) is 36.8 Å². The quantitative estimate of drug-likeness (QED) is 0.147. The molecule has 6 rings (SSSR count). The average Bonchev–Trinajstić information content (AvgIpc) is 3.12. The van der Waals surface area contributed by atoms with Crippen molar-refractivity contribution in [3.8, 4) is 0 Å². The molecule has 284 valence electrons. The molecule has 52 heavy (non-hydrogen) atoms. The van der Waals surface area contributed by atoms with Gasteiger partial charge in [0.05, 0.1) is 9.79 Å². The maximum atomic E-state index is 12.8. The van der Waals surface area contributed by atoms with Crippen molar-refractivity contribution in [3.63, 3.8) is 0 Å². The molecule has 2 aliphatic rings. The number of sulfonamides is 1. The van der Waals surface area contributed by atoms with Crippen LogP contribution in [0.15, 0.2) is 94.7 Å². The molecular formula is C39H55ClN6O4S2. The van der Waals surface area contributed by atoms with Gasteiger partial charge in [0.2, 0.25) is 10.0 Å². The first-order valence-electron chi connectivity index (χ1n) is 17.6. The highest BCUT2D eigenvalue weighted by molar-refractivity contribution is 8.13. The van der Waals surface area contributed by atoms with Crippen LogP contribution in [-0.4, -0.2) is 69.4 Å². The van der Waals surface area contributed by atoms with Crippen molar-refractivity contribution in [2.24, 2.45) is 0 Å². The van der Waals surface area contributed by atoms with Crippen LogP contribution in [0.1, 0.15) is 69.5 Å². The van der Waals surface area contributed by atoms with Gasteiger partial charge in [-0.1, -0.05) is 57.7 Å². The minimum absolute atomic E-state index is 0. The van der Waals surface area contributed by atoms with Crippen molar-refractivity contribution in [3.05, 3.63) is 107 Å². The second kappa shape index (κ2) is 20.6. The monoisotopic (exact) mass is 770 g/mol. The number of anilines is 2. The molecule has 10 nitrogen and oxygen atoms in total. The highest BCUT2D eigenvalue weighted by Gasteiger charge is 2.29. The van der Waals surface area contributed by atoms with E-state index in [1.165, 1.54) is 25.0 Å². The summed E-state index contributed by atoms with van der Waals surface area (Å²) >= 11 is 0. The number of pyridine rings is 2. The van der Waals surface area contributed by atoms with Crippen LogP contribution in [0.2, 0.25) is 0 Å². The van der Waals surface area contributed by atoms with Gasteiger partial charge in [-0.2, -0.15) is 4.31 Å². The molecule has 2 saturated heterocycles. The largest absolute Gasteiger partial charge is 0.367 e. The normalized spacial score (nSPS) is 15.6. The fourth-order valence-electron chi connectivity index (χ4n) is 5.81. The molecule has 0 amide bonds. The molecule has 0 bridgehead atoms. The van der Waals surface area contributed by atoms with E-state index in [0.29, 0.717) is 24.0 Å². The Morgan fingerprint density at radius 3 is 1.50 bits per heavy atom. The summed E-state index contributed by atoms with van der Waals surface area (Å²) in [6, 6.07) is 26.6. The first-order valence-corrected chi connectivity index (χ1v) is 21.4. The molecular weight excluding hydrogens is 716 g/mol. The number of hydrogen-bond acceptors (Lipinski definition) is 9. The molecule has 0 saturated carbocycles. The summed E-state index contributed by atoms with van der Waals surface area (Å²) in [7, 11) is -1.83. The Balaban J connectivity index is 0.000000229. The lowest BCUT2D eigenvalue weighted by Gasteiger charge is -2.32. The summed E-state index contributed by atoms with van der Waals surface area (Å²) in [5.74, 6) is 1.87. The third-order valence-electron chi connectivity index (χ3n) is 8.86. The first-order chi connectivity index (χ1) is 24.4. The van der Waals surface area contributed by atoms with Gasteiger partial charge in [0.15, 0.2) is 0 Å². The topological polar surface area (TPSA) is 133 Å².